The largest absolute Gasteiger partial charge is 0.212 e. The Morgan fingerprint density at radius 2 is 2.21 bits per heavy atom. The molecule has 1 aliphatic rings. The molecule has 0 saturated heterocycles. The minimum Gasteiger partial charge on any atom is -0.212 e. The van der Waals surface area contributed by atoms with Gasteiger partial charge in [0.15, 0.2) is 0 Å². The summed E-state index contributed by atoms with van der Waals surface area (Å²) in [6.07, 6.45) is 1.96. The lowest BCUT2D eigenvalue weighted by Crippen LogP contribution is -2.35. The Balaban J connectivity index is 2.34. The van der Waals surface area contributed by atoms with Crippen LogP contribution in [0.4, 0.5) is 0 Å². The summed E-state index contributed by atoms with van der Waals surface area (Å²) in [5, 5.41) is 0. The van der Waals surface area contributed by atoms with Crippen molar-refractivity contribution >= 4 is 10.0 Å². The van der Waals surface area contributed by atoms with Gasteiger partial charge in [-0.3, -0.25) is 0 Å². The predicted octanol–water partition coefficient (Wildman–Crippen LogP) is 1.00. The van der Waals surface area contributed by atoms with Crippen LogP contribution in [0.3, 0.4) is 0 Å². The Morgan fingerprint density at radius 1 is 1.43 bits per heavy atom. The highest BCUT2D eigenvalue weighted by Crippen LogP contribution is 2.19. The highest BCUT2D eigenvalue weighted by molar-refractivity contribution is 7.88. The van der Waals surface area contributed by atoms with Crippen LogP contribution in [0.1, 0.15) is 12.5 Å². The lowest BCUT2D eigenvalue weighted by atomic mass is 10.0. The molecule has 0 aliphatic carbocycles. The van der Waals surface area contributed by atoms with Crippen LogP contribution in [-0.2, 0) is 23.0 Å². The average molecular weight is 212 g/mol. The Bertz CT molecular complexity index is 484. The highest BCUT2D eigenvalue weighted by Gasteiger charge is 2.22. The molecule has 0 saturated carbocycles. The van der Waals surface area contributed by atoms with Crippen LogP contribution in [-0.4, -0.2) is 25.5 Å². The number of nitrogens with zero attached hydrogens (tertiary/aromatic N) is 1. The zero-order valence-electron chi connectivity index (χ0n) is 9.03. The van der Waals surface area contributed by atoms with Crippen molar-refractivity contribution in [2.24, 2.45) is 0 Å². The van der Waals surface area contributed by atoms with Crippen LogP contribution in [0.5, 0.6) is 0 Å². The molecule has 0 unspecified atom stereocenters. The zero-order chi connectivity index (χ0) is 11.1. The van der Waals surface area contributed by atoms with E-state index in [9.17, 15) is 8.42 Å². The number of fused-ring (bicyclic) bond motifs is 1. The van der Waals surface area contributed by atoms with Crippen molar-refractivity contribution in [1.29, 1.82) is 0 Å². The summed E-state index contributed by atoms with van der Waals surface area (Å²) in [6, 6.07) is 5.84. The van der Waals surface area contributed by atoms with E-state index >= 15 is 0 Å². The van der Waals surface area contributed by atoms with E-state index in [2.05, 4.69) is 0 Å². The van der Waals surface area contributed by atoms with Crippen LogP contribution in [0, 0.1) is 0 Å². The third-order valence-corrected chi connectivity index (χ3v) is 3.75. The maximum Gasteiger partial charge on any atom is 0.211 e. The summed E-state index contributed by atoms with van der Waals surface area (Å²) in [5.74, 6) is 0. The van der Waals surface area contributed by atoms with Crippen LogP contribution >= 0.6 is 0 Å². The number of hydrogen-bond donors (Lipinski definition) is 0. The quantitative estimate of drug-likeness (QED) is 0.696. The van der Waals surface area contributed by atoms with Crippen LogP contribution in [0.15, 0.2) is 24.2 Å². The van der Waals surface area contributed by atoms with Crippen molar-refractivity contribution in [3.05, 3.63) is 35.4 Å². The van der Waals surface area contributed by atoms with Gasteiger partial charge in [0.25, 0.3) is 0 Å². The SMILES string of the molecule is [2H]c1ccc2c(c1)CN(S(C)(=O)=O)CC2. The molecule has 0 aromatic heterocycles. The summed E-state index contributed by atoms with van der Waals surface area (Å²) in [6.45, 7) is 0.948. The molecule has 1 aliphatic heterocycles. The average Bonchev–Trinajstić information content (AvgIpc) is 2.15. The fourth-order valence-electron chi connectivity index (χ4n) is 1.69. The van der Waals surface area contributed by atoms with E-state index < -0.39 is 10.0 Å². The Morgan fingerprint density at radius 3 is 2.93 bits per heavy atom. The number of benzene rings is 1. The van der Waals surface area contributed by atoms with Gasteiger partial charge in [-0.25, -0.2) is 8.42 Å². The number of rotatable bonds is 1. The summed E-state index contributed by atoms with van der Waals surface area (Å²) in [4.78, 5) is 0. The van der Waals surface area contributed by atoms with Gasteiger partial charge in [0.1, 0.15) is 0 Å². The van der Waals surface area contributed by atoms with E-state index in [0.29, 0.717) is 19.1 Å². The fraction of sp³-hybridized carbons (Fsp3) is 0.400. The number of sulfonamides is 1. The highest BCUT2D eigenvalue weighted by atomic mass is 32.2. The van der Waals surface area contributed by atoms with Crippen LogP contribution in [0.25, 0.3) is 0 Å². The van der Waals surface area contributed by atoms with Crippen LogP contribution < -0.4 is 0 Å². The topological polar surface area (TPSA) is 37.4 Å². The molecule has 1 aromatic rings. The molecule has 0 N–H and O–H groups in total. The van der Waals surface area contributed by atoms with Gasteiger partial charge < -0.3 is 0 Å². The molecule has 0 radical (unpaired) electrons. The molecular formula is C10H13NO2S. The Kier molecular flexibility index (Phi) is 2.03. The van der Waals surface area contributed by atoms with E-state index in [4.69, 9.17) is 1.37 Å². The van der Waals surface area contributed by atoms with Crippen molar-refractivity contribution in [2.75, 3.05) is 12.8 Å². The molecule has 14 heavy (non-hydrogen) atoms. The molecular weight excluding hydrogens is 198 g/mol. The first-order valence-corrected chi connectivity index (χ1v) is 6.35. The molecule has 1 heterocycles. The van der Waals surface area contributed by atoms with Crippen molar-refractivity contribution in [2.45, 2.75) is 13.0 Å². The lowest BCUT2D eigenvalue weighted by molar-refractivity contribution is 0.395. The molecule has 76 valence electrons. The molecule has 0 bridgehead atoms. The lowest BCUT2D eigenvalue weighted by Gasteiger charge is -2.26. The van der Waals surface area contributed by atoms with E-state index in [0.717, 1.165) is 17.5 Å². The van der Waals surface area contributed by atoms with Crippen molar-refractivity contribution < 1.29 is 9.79 Å². The van der Waals surface area contributed by atoms with Gasteiger partial charge in [-0.1, -0.05) is 24.2 Å². The maximum absolute atomic E-state index is 11.4. The first-order valence-electron chi connectivity index (χ1n) is 5.00. The first kappa shape index (κ1) is 8.44. The van der Waals surface area contributed by atoms with Gasteiger partial charge in [0.05, 0.1) is 7.63 Å². The normalized spacial score (nSPS) is 18.8. The van der Waals surface area contributed by atoms with Gasteiger partial charge >= 0.3 is 0 Å². The van der Waals surface area contributed by atoms with E-state index in [-0.39, 0.29) is 0 Å². The first-order chi connectivity index (χ1) is 6.97. The molecule has 0 fully saturated rings. The molecule has 1 aromatic carbocycles. The summed E-state index contributed by atoms with van der Waals surface area (Å²) >= 11 is 0. The van der Waals surface area contributed by atoms with Crippen molar-refractivity contribution in [3.8, 4) is 0 Å². The molecule has 0 amide bonds. The predicted molar refractivity (Wildman–Crippen MR) is 55.4 cm³/mol. The standard InChI is InChI=1S/C10H13NO2S/c1-14(12,13)11-7-6-9-4-2-3-5-10(9)8-11/h2-5H,6-8H2,1H3/i3D. The molecule has 0 spiro atoms. The van der Waals surface area contributed by atoms with E-state index in [1.165, 1.54) is 10.6 Å². The van der Waals surface area contributed by atoms with Gasteiger partial charge in [-0.15, -0.1) is 0 Å². The van der Waals surface area contributed by atoms with E-state index in [1.807, 2.05) is 6.07 Å². The summed E-state index contributed by atoms with van der Waals surface area (Å²) in [5.41, 5.74) is 2.12. The third kappa shape index (κ3) is 1.81. The second-order valence-electron chi connectivity index (χ2n) is 3.54. The zero-order valence-corrected chi connectivity index (χ0v) is 8.84. The molecule has 4 heteroatoms. The van der Waals surface area contributed by atoms with Gasteiger partial charge in [0.2, 0.25) is 10.0 Å². The van der Waals surface area contributed by atoms with Gasteiger partial charge in [-0.05, 0) is 17.5 Å². The van der Waals surface area contributed by atoms with E-state index in [1.54, 1.807) is 12.1 Å². The molecule has 0 atom stereocenters. The summed E-state index contributed by atoms with van der Waals surface area (Å²) in [7, 11) is -3.11. The molecule has 3 nitrogen and oxygen atoms in total. The Labute approximate surface area is 85.8 Å². The van der Waals surface area contributed by atoms with Gasteiger partial charge in [0, 0.05) is 13.1 Å². The van der Waals surface area contributed by atoms with Crippen molar-refractivity contribution in [3.63, 3.8) is 0 Å². The Hall–Kier alpha value is -0.870. The maximum atomic E-state index is 11.4. The monoisotopic (exact) mass is 212 g/mol. The number of hydrogen-bond acceptors (Lipinski definition) is 2. The molecule has 2 rings (SSSR count). The van der Waals surface area contributed by atoms with Crippen LogP contribution in [0.2, 0.25) is 0 Å². The minimum absolute atomic E-state index is 0.404. The summed E-state index contributed by atoms with van der Waals surface area (Å²) < 4.78 is 31.7. The fourth-order valence-corrected chi connectivity index (χ4v) is 2.48. The second-order valence-corrected chi connectivity index (χ2v) is 5.52. The smallest absolute Gasteiger partial charge is 0.211 e. The second kappa shape index (κ2) is 3.37. The minimum atomic E-state index is -3.11. The third-order valence-electron chi connectivity index (χ3n) is 2.50. The van der Waals surface area contributed by atoms with Crippen molar-refractivity contribution in [1.82, 2.24) is 4.31 Å². The van der Waals surface area contributed by atoms with Gasteiger partial charge in [-0.2, -0.15) is 4.31 Å².